The molecule has 0 aromatic heterocycles. The van der Waals surface area contributed by atoms with Gasteiger partial charge in [0, 0.05) is 0 Å². The predicted molar refractivity (Wildman–Crippen MR) is 87.7 cm³/mol. The molecule has 1 heterocycles. The molecule has 2 amide bonds. The maximum absolute atomic E-state index is 12.1. The first-order valence-corrected chi connectivity index (χ1v) is 7.57. The maximum atomic E-state index is 12.1. The summed E-state index contributed by atoms with van der Waals surface area (Å²) >= 11 is 0. The van der Waals surface area contributed by atoms with Crippen LogP contribution in [-0.4, -0.2) is 22.8 Å². The average Bonchev–Trinajstić information content (AvgIpc) is 2.85. The van der Waals surface area contributed by atoms with E-state index in [0.29, 0.717) is 11.5 Å². The number of fused-ring (bicyclic) bond motifs is 1. The Morgan fingerprint density at radius 1 is 0.917 bits per heavy atom. The Labute approximate surface area is 139 Å². The molecule has 0 unspecified atom stereocenters. The molecule has 5 nitrogen and oxygen atoms in total. The standard InChI is InChI=1S/C19H15NO4/c21-17(13-7-4-10-14-8-2-1-3-9-14)24-20-18(22)15-11-5-6-12-16(15)19(20)23/h1-6,8-12H,7,13H2/b10-4+. The number of amides is 2. The van der Waals surface area contributed by atoms with Crippen molar-refractivity contribution >= 4 is 23.9 Å². The molecular weight excluding hydrogens is 306 g/mol. The molecule has 5 heteroatoms. The summed E-state index contributed by atoms with van der Waals surface area (Å²) in [6.07, 6.45) is 4.28. The Balaban J connectivity index is 1.54. The van der Waals surface area contributed by atoms with Crippen LogP contribution in [0.2, 0.25) is 0 Å². The molecule has 0 radical (unpaired) electrons. The Morgan fingerprint density at radius 3 is 2.12 bits per heavy atom. The van der Waals surface area contributed by atoms with Gasteiger partial charge in [-0.1, -0.05) is 59.7 Å². The molecular formula is C19H15NO4. The summed E-state index contributed by atoms with van der Waals surface area (Å²) in [5.74, 6) is -1.84. The molecule has 2 aromatic carbocycles. The highest BCUT2D eigenvalue weighted by molar-refractivity contribution is 6.20. The van der Waals surface area contributed by atoms with E-state index in [4.69, 9.17) is 4.84 Å². The second-order valence-electron chi connectivity index (χ2n) is 5.27. The highest BCUT2D eigenvalue weighted by atomic mass is 16.7. The van der Waals surface area contributed by atoms with Gasteiger partial charge in [0.2, 0.25) is 0 Å². The summed E-state index contributed by atoms with van der Waals surface area (Å²) in [5.41, 5.74) is 1.53. The minimum atomic E-state index is -0.623. The van der Waals surface area contributed by atoms with Crippen LogP contribution in [0.3, 0.4) is 0 Å². The van der Waals surface area contributed by atoms with Crippen LogP contribution in [0, 0.1) is 0 Å². The number of rotatable bonds is 5. The van der Waals surface area contributed by atoms with E-state index in [1.807, 2.05) is 42.5 Å². The Kier molecular flexibility index (Phi) is 4.52. The molecule has 2 aromatic rings. The molecule has 3 rings (SSSR count). The van der Waals surface area contributed by atoms with Crippen molar-refractivity contribution in [1.29, 1.82) is 0 Å². The third kappa shape index (κ3) is 3.25. The van der Waals surface area contributed by atoms with Crippen molar-refractivity contribution in [2.24, 2.45) is 0 Å². The van der Waals surface area contributed by atoms with Crippen LogP contribution in [0.15, 0.2) is 60.7 Å². The normalized spacial score (nSPS) is 13.4. The van der Waals surface area contributed by atoms with Crippen LogP contribution >= 0.6 is 0 Å². The topological polar surface area (TPSA) is 63.7 Å². The molecule has 0 spiro atoms. The molecule has 24 heavy (non-hydrogen) atoms. The molecule has 0 fully saturated rings. The second-order valence-corrected chi connectivity index (χ2v) is 5.27. The third-order valence-corrected chi connectivity index (χ3v) is 3.57. The highest BCUT2D eigenvalue weighted by Crippen LogP contribution is 2.22. The van der Waals surface area contributed by atoms with Gasteiger partial charge < -0.3 is 4.84 Å². The number of benzene rings is 2. The predicted octanol–water partition coefficient (Wildman–Crippen LogP) is 3.23. The lowest BCUT2D eigenvalue weighted by molar-refractivity contribution is -0.168. The van der Waals surface area contributed by atoms with Crippen LogP contribution in [0.25, 0.3) is 6.08 Å². The minimum Gasteiger partial charge on any atom is -0.330 e. The maximum Gasteiger partial charge on any atom is 0.333 e. The van der Waals surface area contributed by atoms with Crippen molar-refractivity contribution in [3.63, 3.8) is 0 Å². The van der Waals surface area contributed by atoms with E-state index >= 15 is 0 Å². The second kappa shape index (κ2) is 6.91. The number of hydrogen-bond acceptors (Lipinski definition) is 4. The van der Waals surface area contributed by atoms with E-state index in [2.05, 4.69) is 0 Å². The first-order valence-electron chi connectivity index (χ1n) is 7.57. The first-order chi connectivity index (χ1) is 11.7. The van der Waals surface area contributed by atoms with E-state index < -0.39 is 17.8 Å². The number of hydrogen-bond donors (Lipinski definition) is 0. The fourth-order valence-corrected chi connectivity index (χ4v) is 2.38. The van der Waals surface area contributed by atoms with Crippen molar-refractivity contribution < 1.29 is 19.2 Å². The van der Waals surface area contributed by atoms with Gasteiger partial charge in [-0.15, -0.1) is 0 Å². The van der Waals surface area contributed by atoms with Crippen molar-refractivity contribution in [2.45, 2.75) is 12.8 Å². The first kappa shape index (κ1) is 15.7. The summed E-state index contributed by atoms with van der Waals surface area (Å²) in [6, 6.07) is 16.1. The van der Waals surface area contributed by atoms with Crippen molar-refractivity contribution in [1.82, 2.24) is 5.06 Å². The summed E-state index contributed by atoms with van der Waals surface area (Å²) in [7, 11) is 0. The molecule has 1 aliphatic heterocycles. The molecule has 0 N–H and O–H groups in total. The Morgan fingerprint density at radius 2 is 1.50 bits per heavy atom. The molecule has 1 aliphatic rings. The third-order valence-electron chi connectivity index (χ3n) is 3.57. The number of allylic oxidation sites excluding steroid dienone is 1. The van der Waals surface area contributed by atoms with Gasteiger partial charge in [0.15, 0.2) is 0 Å². The number of imide groups is 1. The molecule has 0 bridgehead atoms. The highest BCUT2D eigenvalue weighted by Gasteiger charge is 2.38. The SMILES string of the molecule is O=C(CC/C=C/c1ccccc1)ON1C(=O)c2ccccc2C1=O. The molecule has 120 valence electrons. The van der Waals surface area contributed by atoms with Gasteiger partial charge in [-0.3, -0.25) is 9.59 Å². The van der Waals surface area contributed by atoms with Crippen molar-refractivity contribution in [3.8, 4) is 0 Å². The van der Waals surface area contributed by atoms with Crippen LogP contribution in [0.5, 0.6) is 0 Å². The van der Waals surface area contributed by atoms with Gasteiger partial charge in [-0.2, -0.15) is 0 Å². The fourth-order valence-electron chi connectivity index (χ4n) is 2.38. The van der Waals surface area contributed by atoms with E-state index in [9.17, 15) is 14.4 Å². The molecule has 0 atom stereocenters. The fraction of sp³-hybridized carbons (Fsp3) is 0.105. The lowest BCUT2D eigenvalue weighted by Gasteiger charge is -2.12. The minimum absolute atomic E-state index is 0.0801. The summed E-state index contributed by atoms with van der Waals surface area (Å²) in [6.45, 7) is 0. The van der Waals surface area contributed by atoms with E-state index in [-0.39, 0.29) is 17.5 Å². The summed E-state index contributed by atoms with van der Waals surface area (Å²) in [5, 5.41) is 0.536. The van der Waals surface area contributed by atoms with Crippen LogP contribution in [0.1, 0.15) is 39.1 Å². The van der Waals surface area contributed by atoms with Crippen LogP contribution < -0.4 is 0 Å². The van der Waals surface area contributed by atoms with Gasteiger partial charge in [0.1, 0.15) is 0 Å². The van der Waals surface area contributed by atoms with E-state index in [1.165, 1.54) is 12.1 Å². The van der Waals surface area contributed by atoms with Gasteiger partial charge in [-0.05, 0) is 24.1 Å². The molecule has 0 saturated carbocycles. The zero-order valence-electron chi connectivity index (χ0n) is 12.8. The Bertz CT molecular complexity index is 776. The quantitative estimate of drug-likeness (QED) is 0.793. The van der Waals surface area contributed by atoms with E-state index in [1.54, 1.807) is 12.1 Å². The molecule has 0 aliphatic carbocycles. The zero-order valence-corrected chi connectivity index (χ0v) is 12.8. The number of carbonyl (C=O) groups is 3. The largest absolute Gasteiger partial charge is 0.333 e. The Hall–Kier alpha value is -3.21. The summed E-state index contributed by atoms with van der Waals surface area (Å²) in [4.78, 5) is 40.9. The number of carbonyl (C=O) groups excluding carboxylic acids is 3. The van der Waals surface area contributed by atoms with Gasteiger partial charge in [0.05, 0.1) is 17.5 Å². The van der Waals surface area contributed by atoms with Gasteiger partial charge in [-0.25, -0.2) is 4.79 Å². The summed E-state index contributed by atoms with van der Waals surface area (Å²) < 4.78 is 0. The van der Waals surface area contributed by atoms with Crippen molar-refractivity contribution in [2.75, 3.05) is 0 Å². The average molecular weight is 321 g/mol. The lowest BCUT2D eigenvalue weighted by Crippen LogP contribution is -2.32. The van der Waals surface area contributed by atoms with Gasteiger partial charge >= 0.3 is 5.97 Å². The smallest absolute Gasteiger partial charge is 0.330 e. The monoisotopic (exact) mass is 321 g/mol. The lowest BCUT2D eigenvalue weighted by atomic mass is 10.1. The number of nitrogens with zero attached hydrogens (tertiary/aromatic N) is 1. The van der Waals surface area contributed by atoms with Gasteiger partial charge in [0.25, 0.3) is 11.8 Å². The van der Waals surface area contributed by atoms with Crippen LogP contribution in [-0.2, 0) is 9.63 Å². The van der Waals surface area contributed by atoms with E-state index in [0.717, 1.165) is 5.56 Å². The molecule has 0 saturated heterocycles. The van der Waals surface area contributed by atoms with Crippen molar-refractivity contribution in [3.05, 3.63) is 77.4 Å². The number of hydroxylamine groups is 2. The van der Waals surface area contributed by atoms with Crippen LogP contribution in [0.4, 0.5) is 0 Å². The zero-order chi connectivity index (χ0) is 16.9.